The van der Waals surface area contributed by atoms with Gasteiger partial charge in [-0.1, -0.05) is 36.4 Å². The van der Waals surface area contributed by atoms with Crippen molar-refractivity contribution in [3.05, 3.63) is 70.1 Å². The first kappa shape index (κ1) is 19.2. The Morgan fingerprint density at radius 1 is 1.00 bits per heavy atom. The van der Waals surface area contributed by atoms with Crippen molar-refractivity contribution >= 4 is 22.4 Å². The maximum atomic E-state index is 13.2. The molecule has 29 heavy (non-hydrogen) atoms. The standard InChI is InChI=1S/C23H26N4O2/c1-25(16-17-10-4-7-13-20(17)27-14-8-3-9-15-27)23(29)21-18-11-5-6-12-19(18)22(28)26(2)24-21/h4-7,10-13H,3,8-9,14-16H2,1-2H3. The Morgan fingerprint density at radius 3 is 2.41 bits per heavy atom. The number of aromatic nitrogens is 2. The smallest absolute Gasteiger partial charge is 0.274 e. The van der Waals surface area contributed by atoms with Crippen LogP contribution >= 0.6 is 0 Å². The van der Waals surface area contributed by atoms with Gasteiger partial charge in [0.05, 0.1) is 5.39 Å². The van der Waals surface area contributed by atoms with E-state index >= 15 is 0 Å². The van der Waals surface area contributed by atoms with Gasteiger partial charge in [-0.25, -0.2) is 4.68 Å². The predicted molar refractivity (Wildman–Crippen MR) is 115 cm³/mol. The van der Waals surface area contributed by atoms with E-state index in [1.54, 1.807) is 37.2 Å². The molecule has 1 saturated heterocycles. The van der Waals surface area contributed by atoms with E-state index in [1.807, 2.05) is 12.1 Å². The third-order valence-electron chi connectivity index (χ3n) is 5.60. The van der Waals surface area contributed by atoms with Crippen LogP contribution in [0, 0.1) is 0 Å². The second kappa shape index (κ2) is 8.07. The van der Waals surface area contributed by atoms with Gasteiger partial charge in [-0.05, 0) is 37.0 Å². The molecule has 0 radical (unpaired) electrons. The van der Waals surface area contributed by atoms with Crippen molar-refractivity contribution in [2.45, 2.75) is 25.8 Å². The molecular formula is C23H26N4O2. The van der Waals surface area contributed by atoms with E-state index < -0.39 is 0 Å². The van der Waals surface area contributed by atoms with Gasteiger partial charge in [0, 0.05) is 44.8 Å². The summed E-state index contributed by atoms with van der Waals surface area (Å²) < 4.78 is 1.24. The number of benzene rings is 2. The molecule has 1 aliphatic rings. The van der Waals surface area contributed by atoms with E-state index in [0.29, 0.717) is 23.0 Å². The van der Waals surface area contributed by atoms with Gasteiger partial charge in [-0.2, -0.15) is 5.10 Å². The quantitative estimate of drug-likeness (QED) is 0.686. The number of piperidine rings is 1. The van der Waals surface area contributed by atoms with Gasteiger partial charge < -0.3 is 9.80 Å². The molecule has 150 valence electrons. The number of anilines is 1. The minimum Gasteiger partial charge on any atom is -0.371 e. The lowest BCUT2D eigenvalue weighted by Gasteiger charge is -2.31. The number of nitrogens with zero attached hydrogens (tertiary/aromatic N) is 4. The van der Waals surface area contributed by atoms with Gasteiger partial charge in [-0.3, -0.25) is 9.59 Å². The number of fused-ring (bicyclic) bond motifs is 1. The molecule has 1 amide bonds. The lowest BCUT2D eigenvalue weighted by atomic mass is 10.1. The summed E-state index contributed by atoms with van der Waals surface area (Å²) in [5.41, 5.74) is 2.43. The molecule has 2 aromatic carbocycles. The second-order valence-electron chi connectivity index (χ2n) is 7.66. The number of aryl methyl sites for hydroxylation is 1. The Kier molecular flexibility index (Phi) is 5.34. The summed E-state index contributed by atoms with van der Waals surface area (Å²) in [5, 5.41) is 5.38. The maximum Gasteiger partial charge on any atom is 0.274 e. The zero-order valence-corrected chi connectivity index (χ0v) is 17.0. The monoisotopic (exact) mass is 390 g/mol. The van der Waals surface area contributed by atoms with Gasteiger partial charge in [0.1, 0.15) is 0 Å². The van der Waals surface area contributed by atoms with Gasteiger partial charge in [-0.15, -0.1) is 0 Å². The Labute approximate surface area is 170 Å². The average Bonchev–Trinajstić information content (AvgIpc) is 2.77. The van der Waals surface area contributed by atoms with E-state index in [0.717, 1.165) is 18.7 Å². The third-order valence-corrected chi connectivity index (χ3v) is 5.60. The first-order valence-electron chi connectivity index (χ1n) is 10.1. The lowest BCUT2D eigenvalue weighted by Crippen LogP contribution is -2.33. The first-order valence-corrected chi connectivity index (χ1v) is 10.1. The number of hydrogen-bond acceptors (Lipinski definition) is 4. The van der Waals surface area contributed by atoms with Crippen LogP contribution in [0.1, 0.15) is 35.3 Å². The SMILES string of the molecule is CN(Cc1ccccc1N1CCCCC1)C(=O)c1nn(C)c(=O)c2ccccc12. The summed E-state index contributed by atoms with van der Waals surface area (Å²) in [7, 11) is 3.37. The van der Waals surface area contributed by atoms with Crippen molar-refractivity contribution in [1.29, 1.82) is 0 Å². The first-order chi connectivity index (χ1) is 14.1. The van der Waals surface area contributed by atoms with Crippen molar-refractivity contribution in [1.82, 2.24) is 14.7 Å². The predicted octanol–water partition coefficient (Wildman–Crippen LogP) is 3.20. The minimum absolute atomic E-state index is 0.190. The Bertz CT molecular complexity index is 1100. The normalized spacial score (nSPS) is 14.2. The highest BCUT2D eigenvalue weighted by atomic mass is 16.2. The van der Waals surface area contributed by atoms with Gasteiger partial charge in [0.15, 0.2) is 5.69 Å². The van der Waals surface area contributed by atoms with E-state index in [9.17, 15) is 9.59 Å². The highest BCUT2D eigenvalue weighted by Gasteiger charge is 2.21. The van der Waals surface area contributed by atoms with Crippen molar-refractivity contribution in [2.24, 2.45) is 7.05 Å². The number of rotatable bonds is 4. The van der Waals surface area contributed by atoms with Gasteiger partial charge >= 0.3 is 0 Å². The van der Waals surface area contributed by atoms with Gasteiger partial charge in [0.25, 0.3) is 11.5 Å². The fourth-order valence-corrected chi connectivity index (χ4v) is 4.05. The van der Waals surface area contributed by atoms with Crippen LogP contribution in [-0.2, 0) is 13.6 Å². The molecule has 1 fully saturated rings. The van der Waals surface area contributed by atoms with Gasteiger partial charge in [0.2, 0.25) is 0 Å². The molecule has 4 rings (SSSR count). The highest BCUT2D eigenvalue weighted by molar-refractivity contribution is 6.04. The molecule has 1 aliphatic heterocycles. The molecule has 6 nitrogen and oxygen atoms in total. The number of carbonyl (C=O) groups excluding carboxylic acids is 1. The molecule has 6 heteroatoms. The summed E-state index contributed by atoms with van der Waals surface area (Å²) in [6, 6.07) is 15.4. The van der Waals surface area contributed by atoms with E-state index in [-0.39, 0.29) is 11.5 Å². The Hall–Kier alpha value is -3.15. The second-order valence-corrected chi connectivity index (χ2v) is 7.66. The number of carbonyl (C=O) groups is 1. The lowest BCUT2D eigenvalue weighted by molar-refractivity contribution is 0.0779. The maximum absolute atomic E-state index is 13.2. The molecule has 0 bridgehead atoms. The van der Waals surface area contributed by atoms with Crippen LogP contribution in [0.3, 0.4) is 0 Å². The Balaban J connectivity index is 1.65. The van der Waals surface area contributed by atoms with Crippen molar-refractivity contribution in [3.63, 3.8) is 0 Å². The molecule has 0 saturated carbocycles. The summed E-state index contributed by atoms with van der Waals surface area (Å²) in [5.74, 6) is -0.190. The molecule has 2 heterocycles. The van der Waals surface area contributed by atoms with E-state index in [1.165, 1.54) is 29.6 Å². The number of amides is 1. The molecule has 3 aromatic rings. The molecule has 0 N–H and O–H groups in total. The zero-order valence-electron chi connectivity index (χ0n) is 17.0. The zero-order chi connectivity index (χ0) is 20.4. The number of para-hydroxylation sites is 1. The largest absolute Gasteiger partial charge is 0.371 e. The topological polar surface area (TPSA) is 58.4 Å². The average molecular weight is 390 g/mol. The van der Waals surface area contributed by atoms with Crippen LogP contribution in [-0.4, -0.2) is 40.7 Å². The molecule has 1 aromatic heterocycles. The van der Waals surface area contributed by atoms with Crippen LogP contribution in [0.5, 0.6) is 0 Å². The summed E-state index contributed by atoms with van der Waals surface area (Å²) >= 11 is 0. The van der Waals surface area contributed by atoms with Crippen LogP contribution < -0.4 is 10.5 Å². The fraction of sp³-hybridized carbons (Fsp3) is 0.348. The third kappa shape index (κ3) is 3.75. The fourth-order valence-electron chi connectivity index (χ4n) is 4.05. The van der Waals surface area contributed by atoms with Crippen molar-refractivity contribution < 1.29 is 4.79 Å². The highest BCUT2D eigenvalue weighted by Crippen LogP contribution is 2.25. The molecular weight excluding hydrogens is 364 g/mol. The molecule has 0 spiro atoms. The Morgan fingerprint density at radius 2 is 1.66 bits per heavy atom. The summed E-state index contributed by atoms with van der Waals surface area (Å²) in [6.45, 7) is 2.60. The molecule has 0 atom stereocenters. The van der Waals surface area contributed by atoms with Crippen LogP contribution in [0.15, 0.2) is 53.3 Å². The van der Waals surface area contributed by atoms with Crippen LogP contribution in [0.25, 0.3) is 10.8 Å². The molecule has 0 unspecified atom stereocenters. The number of hydrogen-bond donors (Lipinski definition) is 0. The van der Waals surface area contributed by atoms with Crippen LogP contribution in [0.4, 0.5) is 5.69 Å². The van der Waals surface area contributed by atoms with E-state index in [4.69, 9.17) is 0 Å². The molecule has 0 aliphatic carbocycles. The van der Waals surface area contributed by atoms with E-state index in [2.05, 4.69) is 28.2 Å². The van der Waals surface area contributed by atoms with Crippen LogP contribution in [0.2, 0.25) is 0 Å². The summed E-state index contributed by atoms with van der Waals surface area (Å²) in [6.07, 6.45) is 3.69. The van der Waals surface area contributed by atoms with Crippen molar-refractivity contribution in [3.8, 4) is 0 Å². The minimum atomic E-state index is -0.199. The summed E-state index contributed by atoms with van der Waals surface area (Å²) in [4.78, 5) is 29.7. The van der Waals surface area contributed by atoms with Crippen molar-refractivity contribution in [2.75, 3.05) is 25.0 Å².